The maximum atomic E-state index is 12.7. The van der Waals surface area contributed by atoms with E-state index in [9.17, 15) is 14.4 Å². The van der Waals surface area contributed by atoms with E-state index in [-0.39, 0.29) is 17.7 Å². The van der Waals surface area contributed by atoms with E-state index in [1.54, 1.807) is 66.4 Å². The molecule has 2 heterocycles. The lowest BCUT2D eigenvalue weighted by Gasteiger charge is -2.34. The van der Waals surface area contributed by atoms with E-state index in [1.807, 2.05) is 6.07 Å². The molecular weight excluding hydrogens is 454 g/mol. The average Bonchev–Trinajstić information content (AvgIpc) is 2.86. The second-order valence-corrected chi connectivity index (χ2v) is 8.27. The third-order valence-electron chi connectivity index (χ3n) is 5.57. The Bertz CT molecular complexity index is 1190. The van der Waals surface area contributed by atoms with Crippen LogP contribution in [-0.4, -0.2) is 53.8 Å². The Morgan fingerprint density at radius 2 is 1.56 bits per heavy atom. The van der Waals surface area contributed by atoms with Gasteiger partial charge in [0.1, 0.15) is 5.82 Å². The van der Waals surface area contributed by atoms with E-state index in [1.165, 1.54) is 6.20 Å². The summed E-state index contributed by atoms with van der Waals surface area (Å²) in [5.74, 6) is 0.208. The molecule has 2 aromatic carbocycles. The standard InChI is InChI=1S/C25H24ClN5O3/c1-17(32)30-11-13-31(14-12-30)23-10-7-19(16-27-23)25(34)28-20-8-9-21(26)22(15-20)29-24(33)18-5-3-2-4-6-18/h2-10,15-16H,11-14H2,1H3,(H,28,34)(H,29,33). The number of carbonyl (C=O) groups is 3. The summed E-state index contributed by atoms with van der Waals surface area (Å²) in [4.78, 5) is 45.0. The van der Waals surface area contributed by atoms with Crippen molar-refractivity contribution in [2.75, 3.05) is 41.7 Å². The zero-order chi connectivity index (χ0) is 24.1. The summed E-state index contributed by atoms with van der Waals surface area (Å²) in [7, 11) is 0. The van der Waals surface area contributed by atoms with E-state index in [0.29, 0.717) is 53.7 Å². The topological polar surface area (TPSA) is 94.6 Å². The number of halogens is 1. The summed E-state index contributed by atoms with van der Waals surface area (Å²) < 4.78 is 0. The number of nitrogens with one attached hydrogen (secondary N) is 2. The van der Waals surface area contributed by atoms with E-state index in [2.05, 4.69) is 20.5 Å². The van der Waals surface area contributed by atoms with E-state index < -0.39 is 0 Å². The first kappa shape index (κ1) is 23.3. The van der Waals surface area contributed by atoms with Gasteiger partial charge in [-0.25, -0.2) is 4.98 Å². The molecule has 1 aliphatic heterocycles. The molecule has 34 heavy (non-hydrogen) atoms. The maximum Gasteiger partial charge on any atom is 0.257 e. The lowest BCUT2D eigenvalue weighted by atomic mass is 10.2. The van der Waals surface area contributed by atoms with Gasteiger partial charge in [0.25, 0.3) is 11.8 Å². The van der Waals surface area contributed by atoms with Gasteiger partial charge in [-0.3, -0.25) is 14.4 Å². The molecule has 0 bridgehead atoms. The molecule has 1 aliphatic rings. The first-order valence-electron chi connectivity index (χ1n) is 10.8. The summed E-state index contributed by atoms with van der Waals surface area (Å²) >= 11 is 6.24. The Labute approximate surface area is 202 Å². The highest BCUT2D eigenvalue weighted by atomic mass is 35.5. The predicted molar refractivity (Wildman–Crippen MR) is 133 cm³/mol. The third kappa shape index (κ3) is 5.52. The number of aromatic nitrogens is 1. The van der Waals surface area contributed by atoms with Crippen molar-refractivity contribution in [2.45, 2.75) is 6.92 Å². The molecule has 3 aromatic rings. The molecule has 2 N–H and O–H groups in total. The van der Waals surface area contributed by atoms with Crippen LogP contribution in [0.2, 0.25) is 5.02 Å². The van der Waals surface area contributed by atoms with Crippen LogP contribution >= 0.6 is 11.6 Å². The monoisotopic (exact) mass is 477 g/mol. The van der Waals surface area contributed by atoms with Crippen molar-refractivity contribution >= 4 is 46.5 Å². The van der Waals surface area contributed by atoms with E-state index >= 15 is 0 Å². The van der Waals surface area contributed by atoms with Crippen molar-refractivity contribution in [1.82, 2.24) is 9.88 Å². The van der Waals surface area contributed by atoms with Crippen molar-refractivity contribution in [3.63, 3.8) is 0 Å². The molecule has 174 valence electrons. The Hall–Kier alpha value is -3.91. The smallest absolute Gasteiger partial charge is 0.257 e. The molecule has 1 aromatic heterocycles. The summed E-state index contributed by atoms with van der Waals surface area (Å²) in [6.45, 7) is 4.26. The SMILES string of the molecule is CC(=O)N1CCN(c2ccc(C(=O)Nc3ccc(Cl)c(NC(=O)c4ccccc4)c3)cn2)CC1. The van der Waals surface area contributed by atoms with Gasteiger partial charge >= 0.3 is 0 Å². The lowest BCUT2D eigenvalue weighted by Crippen LogP contribution is -2.48. The molecule has 0 unspecified atom stereocenters. The van der Waals surface area contributed by atoms with Gasteiger partial charge in [0, 0.05) is 50.6 Å². The molecule has 8 nitrogen and oxygen atoms in total. The van der Waals surface area contributed by atoms with Crippen LogP contribution in [0.15, 0.2) is 66.9 Å². The quantitative estimate of drug-likeness (QED) is 0.581. The fraction of sp³-hybridized carbons (Fsp3) is 0.200. The normalized spacial score (nSPS) is 13.4. The van der Waals surface area contributed by atoms with Gasteiger partial charge in [-0.05, 0) is 42.5 Å². The van der Waals surface area contributed by atoms with E-state index in [4.69, 9.17) is 11.6 Å². The molecule has 1 saturated heterocycles. The summed E-state index contributed by atoms with van der Waals surface area (Å²) in [6, 6.07) is 17.2. The van der Waals surface area contributed by atoms with Gasteiger partial charge in [0.05, 0.1) is 16.3 Å². The van der Waals surface area contributed by atoms with E-state index in [0.717, 1.165) is 5.82 Å². The number of carbonyl (C=O) groups excluding carboxylic acids is 3. The fourth-order valence-electron chi connectivity index (χ4n) is 3.64. The minimum absolute atomic E-state index is 0.0737. The number of amides is 3. The van der Waals surface area contributed by atoms with Gasteiger partial charge in [-0.15, -0.1) is 0 Å². The Balaban J connectivity index is 1.39. The highest BCUT2D eigenvalue weighted by molar-refractivity contribution is 6.34. The zero-order valence-corrected chi connectivity index (χ0v) is 19.4. The van der Waals surface area contributed by atoms with Crippen molar-refractivity contribution in [1.29, 1.82) is 0 Å². The van der Waals surface area contributed by atoms with Gasteiger partial charge < -0.3 is 20.4 Å². The summed E-state index contributed by atoms with van der Waals surface area (Å²) in [6.07, 6.45) is 1.52. The van der Waals surface area contributed by atoms with Crippen LogP contribution in [-0.2, 0) is 4.79 Å². The Morgan fingerprint density at radius 1 is 0.853 bits per heavy atom. The number of hydrogen-bond acceptors (Lipinski definition) is 5. The van der Waals surface area contributed by atoms with Crippen molar-refractivity contribution < 1.29 is 14.4 Å². The molecule has 0 spiro atoms. The second kappa shape index (κ2) is 10.4. The highest BCUT2D eigenvalue weighted by Crippen LogP contribution is 2.26. The number of benzene rings is 2. The van der Waals surface area contributed by atoms with Gasteiger partial charge in [0.2, 0.25) is 5.91 Å². The van der Waals surface area contributed by atoms with Crippen molar-refractivity contribution in [2.24, 2.45) is 0 Å². The van der Waals surface area contributed by atoms with Crippen LogP contribution < -0.4 is 15.5 Å². The first-order chi connectivity index (χ1) is 16.4. The Kier molecular flexibility index (Phi) is 7.08. The maximum absolute atomic E-state index is 12.7. The molecule has 0 aliphatic carbocycles. The van der Waals surface area contributed by atoms with Crippen LogP contribution in [0.5, 0.6) is 0 Å². The molecule has 1 fully saturated rings. The average molecular weight is 478 g/mol. The molecule has 4 rings (SSSR count). The Morgan fingerprint density at radius 3 is 2.21 bits per heavy atom. The number of nitrogens with zero attached hydrogens (tertiary/aromatic N) is 3. The molecular formula is C25H24ClN5O3. The minimum Gasteiger partial charge on any atom is -0.353 e. The number of rotatable bonds is 5. The number of piperazine rings is 1. The van der Waals surface area contributed by atoms with Crippen LogP contribution in [0.25, 0.3) is 0 Å². The third-order valence-corrected chi connectivity index (χ3v) is 5.90. The van der Waals surface area contributed by atoms with Gasteiger partial charge in [0.15, 0.2) is 0 Å². The predicted octanol–water partition coefficient (Wildman–Crippen LogP) is 3.91. The fourth-order valence-corrected chi connectivity index (χ4v) is 3.81. The van der Waals surface area contributed by atoms with Crippen LogP contribution in [0.1, 0.15) is 27.6 Å². The van der Waals surface area contributed by atoms with Crippen LogP contribution in [0.4, 0.5) is 17.2 Å². The van der Waals surface area contributed by atoms with Crippen LogP contribution in [0.3, 0.4) is 0 Å². The van der Waals surface area contributed by atoms with Gasteiger partial charge in [-0.2, -0.15) is 0 Å². The number of pyridine rings is 1. The second-order valence-electron chi connectivity index (χ2n) is 7.87. The molecule has 0 radical (unpaired) electrons. The first-order valence-corrected chi connectivity index (χ1v) is 11.2. The zero-order valence-electron chi connectivity index (χ0n) is 18.6. The summed E-state index contributed by atoms with van der Waals surface area (Å²) in [5.41, 5.74) is 1.78. The highest BCUT2D eigenvalue weighted by Gasteiger charge is 2.20. The molecule has 0 atom stereocenters. The minimum atomic E-state index is -0.330. The van der Waals surface area contributed by atoms with Crippen molar-refractivity contribution in [3.05, 3.63) is 83.0 Å². The van der Waals surface area contributed by atoms with Crippen LogP contribution in [0, 0.1) is 0 Å². The lowest BCUT2D eigenvalue weighted by molar-refractivity contribution is -0.129. The van der Waals surface area contributed by atoms with Gasteiger partial charge in [-0.1, -0.05) is 29.8 Å². The molecule has 0 saturated carbocycles. The largest absolute Gasteiger partial charge is 0.353 e. The summed E-state index contributed by atoms with van der Waals surface area (Å²) in [5, 5.41) is 5.94. The number of hydrogen-bond donors (Lipinski definition) is 2. The molecule has 3 amide bonds. The molecule has 9 heteroatoms. The van der Waals surface area contributed by atoms with Crippen molar-refractivity contribution in [3.8, 4) is 0 Å². The number of anilines is 3.